The van der Waals surface area contributed by atoms with Gasteiger partial charge in [-0.1, -0.05) is 35.4 Å². The highest BCUT2D eigenvalue weighted by Crippen LogP contribution is 2.60. The van der Waals surface area contributed by atoms with Crippen molar-refractivity contribution >= 4 is 25.7 Å². The van der Waals surface area contributed by atoms with Gasteiger partial charge in [-0.15, -0.1) is 5.10 Å². The maximum absolute atomic E-state index is 16.0. The van der Waals surface area contributed by atoms with E-state index in [9.17, 15) is 20.0 Å². The monoisotopic (exact) mass is 599 g/mol. The molecule has 4 atom stereocenters. The van der Waals surface area contributed by atoms with Crippen molar-refractivity contribution in [1.29, 1.82) is 0 Å². The number of ether oxygens (including phenoxy) is 1. The molecule has 2 aliphatic rings. The van der Waals surface area contributed by atoms with E-state index >= 15 is 4.11 Å². The number of benzene rings is 1. The van der Waals surface area contributed by atoms with Crippen molar-refractivity contribution in [2.24, 2.45) is 5.92 Å². The van der Waals surface area contributed by atoms with Crippen molar-refractivity contribution in [3.63, 3.8) is 0 Å². The van der Waals surface area contributed by atoms with Gasteiger partial charge in [-0.3, -0.25) is 19.6 Å². The Kier molecular flexibility index (Phi) is 9.48. The number of rotatable bonds is 12. The molecule has 0 unspecified atom stereocenters. The minimum absolute atomic E-state index is 0.0392. The second kappa shape index (κ2) is 12.6. The molecular formula is C30H42FN5O5Si. The number of non-ortho nitro benzene ring substituents is 1. The highest BCUT2D eigenvalue weighted by molar-refractivity contribution is 6.72. The highest BCUT2D eigenvalue weighted by Gasteiger charge is 2.66. The number of nitrogens with zero attached hydrogens (tertiary/aromatic N) is 5. The van der Waals surface area contributed by atoms with E-state index in [-0.39, 0.29) is 18.2 Å². The average Bonchev–Trinajstić information content (AvgIpc) is 3.55. The van der Waals surface area contributed by atoms with Gasteiger partial charge in [-0.05, 0) is 59.2 Å². The lowest BCUT2D eigenvalue weighted by molar-refractivity contribution is -0.385. The first-order valence-corrected chi connectivity index (χ1v) is 17.5. The van der Waals surface area contributed by atoms with Crippen LogP contribution in [0.3, 0.4) is 0 Å². The van der Waals surface area contributed by atoms with Crippen LogP contribution in [0.15, 0.2) is 47.7 Å². The molecule has 0 radical (unpaired) electrons. The molecule has 1 N–H and O–H groups in total. The van der Waals surface area contributed by atoms with Crippen molar-refractivity contribution in [2.75, 3.05) is 18.1 Å². The molecule has 1 saturated heterocycles. The smallest absolute Gasteiger partial charge is 0.269 e. The van der Waals surface area contributed by atoms with Crippen LogP contribution in [0.25, 0.3) is 0 Å². The van der Waals surface area contributed by atoms with E-state index in [1.54, 1.807) is 34.9 Å². The lowest BCUT2D eigenvalue weighted by Gasteiger charge is -2.31. The Morgan fingerprint density at radius 1 is 1.29 bits per heavy atom. The summed E-state index contributed by atoms with van der Waals surface area (Å²) >= 11 is 0. The normalized spacial score (nSPS) is 24.0. The number of hydrogen-bond donors (Lipinski definition) is 1. The number of allylic oxidation sites excluding steroid dienone is 3. The third-order valence-electron chi connectivity index (χ3n) is 8.47. The molecule has 2 aromatic rings. The number of carbonyl (C=O) groups is 1. The Labute approximate surface area is 247 Å². The fourth-order valence-electron chi connectivity index (χ4n) is 6.47. The van der Waals surface area contributed by atoms with Gasteiger partial charge in [0.15, 0.2) is 5.60 Å². The maximum Gasteiger partial charge on any atom is 0.269 e. The van der Waals surface area contributed by atoms with Crippen molar-refractivity contribution in [3.8, 4) is 0 Å². The Hall–Kier alpha value is -3.22. The predicted octanol–water partition coefficient (Wildman–Crippen LogP) is 5.63. The molecule has 0 aliphatic carbocycles. The molecule has 10 nitrogen and oxygen atoms in total. The van der Waals surface area contributed by atoms with E-state index in [1.807, 2.05) is 19.9 Å². The van der Waals surface area contributed by atoms with Gasteiger partial charge in [0.05, 0.1) is 22.4 Å². The number of nitro groups is 1. The average molecular weight is 600 g/mol. The molecule has 12 heteroatoms. The largest absolute Gasteiger partial charge is 0.396 e. The van der Waals surface area contributed by atoms with Crippen LogP contribution in [0.1, 0.15) is 58.2 Å². The quantitative estimate of drug-likeness (QED) is 0.110. The summed E-state index contributed by atoms with van der Waals surface area (Å²) < 4.78 is 24.4. The number of carbonyl (C=O) groups excluding carboxylic acids is 1. The highest BCUT2D eigenvalue weighted by atomic mass is 28.4. The van der Waals surface area contributed by atoms with Crippen LogP contribution in [0.4, 0.5) is 15.5 Å². The van der Waals surface area contributed by atoms with Crippen LogP contribution < -0.4 is 4.90 Å². The summed E-state index contributed by atoms with van der Waals surface area (Å²) in [6.45, 7) is 11.9. The van der Waals surface area contributed by atoms with Crippen LogP contribution in [-0.2, 0) is 28.1 Å². The molecule has 1 fully saturated rings. The fraction of sp³-hybridized carbons (Fsp3) is 0.567. The predicted molar refractivity (Wildman–Crippen MR) is 161 cm³/mol. The van der Waals surface area contributed by atoms with Gasteiger partial charge in [-0.25, -0.2) is 0 Å². The Bertz CT molecular complexity index is 1380. The SMILES string of the molecule is CC(C)=CCC/C(C)=C/CN1C(=O)[C@@]2(O[C@@H](CCn3cc(CCO)nn3)[C@H]([Si](C)(C)F)[C@H]2C)c2cc([N+](=O)[O-])ccc21. The third-order valence-corrected chi connectivity index (χ3v) is 10.9. The summed E-state index contributed by atoms with van der Waals surface area (Å²) in [5, 5.41) is 29.1. The van der Waals surface area contributed by atoms with E-state index in [1.165, 1.54) is 17.7 Å². The summed E-state index contributed by atoms with van der Waals surface area (Å²) in [6, 6.07) is 4.45. The number of aliphatic hydroxyl groups excluding tert-OH is 1. The minimum atomic E-state index is -3.38. The summed E-state index contributed by atoms with van der Waals surface area (Å²) in [5.74, 6) is -0.855. The molecule has 2 aliphatic heterocycles. The van der Waals surface area contributed by atoms with Crippen molar-refractivity contribution in [2.45, 2.75) is 90.3 Å². The zero-order valence-electron chi connectivity index (χ0n) is 25.3. The molecule has 228 valence electrons. The molecular weight excluding hydrogens is 557 g/mol. The molecule has 42 heavy (non-hydrogen) atoms. The fourth-order valence-corrected chi connectivity index (χ4v) is 9.02. The van der Waals surface area contributed by atoms with Gasteiger partial charge < -0.3 is 18.9 Å². The molecule has 4 rings (SSSR count). The zero-order valence-corrected chi connectivity index (χ0v) is 26.3. The van der Waals surface area contributed by atoms with Crippen LogP contribution in [0.5, 0.6) is 0 Å². The van der Waals surface area contributed by atoms with Crippen molar-refractivity contribution < 1.29 is 23.7 Å². The first kappa shape index (κ1) is 31.7. The van der Waals surface area contributed by atoms with Gasteiger partial charge in [0.2, 0.25) is 8.41 Å². The molecule has 0 saturated carbocycles. The van der Waals surface area contributed by atoms with E-state index < -0.39 is 36.5 Å². The summed E-state index contributed by atoms with van der Waals surface area (Å²) in [6.07, 6.45) is 7.85. The number of aromatic nitrogens is 3. The number of halogens is 1. The van der Waals surface area contributed by atoms with Gasteiger partial charge in [0.25, 0.3) is 11.6 Å². The Morgan fingerprint density at radius 3 is 2.67 bits per heavy atom. The number of nitro benzene ring substituents is 1. The lowest BCUT2D eigenvalue weighted by atomic mass is 9.82. The van der Waals surface area contributed by atoms with E-state index in [0.29, 0.717) is 42.9 Å². The molecule has 1 amide bonds. The third kappa shape index (κ3) is 6.25. The van der Waals surface area contributed by atoms with Gasteiger partial charge in [0.1, 0.15) is 0 Å². The lowest BCUT2D eigenvalue weighted by Crippen LogP contribution is -2.45. The molecule has 1 aromatic carbocycles. The van der Waals surface area contributed by atoms with E-state index in [0.717, 1.165) is 18.4 Å². The van der Waals surface area contributed by atoms with Crippen molar-refractivity contribution in [1.82, 2.24) is 15.0 Å². The Balaban J connectivity index is 1.69. The topological polar surface area (TPSA) is 124 Å². The standard InChI is InChI=1S/C30H42FN5O5Si/c1-20(2)8-7-9-21(3)12-16-35-26-11-10-24(36(39)40)18-25(26)30(29(35)38)22(4)28(42(5,6)31)27(41-30)13-15-34-19-23(14-17-37)32-33-34/h8,10-12,18-19,22,27-28,37H,7,9,13-17H2,1-6H3/b21-12+/t22-,27+,28-,30+/m1/s1. The van der Waals surface area contributed by atoms with Crippen LogP contribution in [-0.4, -0.2) is 58.6 Å². The second-order valence-corrected chi connectivity index (χ2v) is 16.0. The van der Waals surface area contributed by atoms with Crippen LogP contribution >= 0.6 is 0 Å². The summed E-state index contributed by atoms with van der Waals surface area (Å²) in [5.41, 5.74) is 1.83. The number of hydrogen-bond acceptors (Lipinski definition) is 7. The first-order chi connectivity index (χ1) is 19.8. The van der Waals surface area contributed by atoms with Crippen LogP contribution in [0, 0.1) is 16.0 Å². The zero-order chi connectivity index (χ0) is 30.8. The van der Waals surface area contributed by atoms with Crippen molar-refractivity contribution in [3.05, 3.63) is 69.1 Å². The number of aryl methyl sites for hydroxylation is 1. The number of amides is 1. The number of anilines is 1. The van der Waals surface area contributed by atoms with Crippen LogP contribution in [0.2, 0.25) is 18.6 Å². The number of aliphatic hydroxyl groups is 1. The Morgan fingerprint density at radius 2 is 2.02 bits per heavy atom. The number of fused-ring (bicyclic) bond motifs is 2. The molecule has 1 aromatic heterocycles. The summed E-state index contributed by atoms with van der Waals surface area (Å²) in [7, 11) is -3.38. The summed E-state index contributed by atoms with van der Waals surface area (Å²) in [4.78, 5) is 27.3. The second-order valence-electron chi connectivity index (χ2n) is 12.3. The van der Waals surface area contributed by atoms with E-state index in [2.05, 4.69) is 30.2 Å². The molecule has 0 bridgehead atoms. The minimum Gasteiger partial charge on any atom is -0.396 e. The first-order valence-electron chi connectivity index (χ1n) is 14.6. The van der Waals surface area contributed by atoms with E-state index in [4.69, 9.17) is 4.74 Å². The molecule has 1 spiro atoms. The van der Waals surface area contributed by atoms with Gasteiger partial charge in [-0.2, -0.15) is 0 Å². The molecule has 3 heterocycles. The van der Waals surface area contributed by atoms with Gasteiger partial charge >= 0.3 is 0 Å². The maximum atomic E-state index is 16.0. The van der Waals surface area contributed by atoms with Gasteiger partial charge in [0, 0.05) is 61.5 Å².